The summed E-state index contributed by atoms with van der Waals surface area (Å²) in [5.74, 6) is 1.85. The molecule has 0 bridgehead atoms. The first-order valence-corrected chi connectivity index (χ1v) is 7.31. The summed E-state index contributed by atoms with van der Waals surface area (Å²) in [7, 11) is 0. The van der Waals surface area contributed by atoms with E-state index in [0.29, 0.717) is 0 Å². The van der Waals surface area contributed by atoms with Crippen LogP contribution in [0, 0.1) is 6.92 Å². The van der Waals surface area contributed by atoms with Crippen LogP contribution in [0.1, 0.15) is 18.5 Å². The van der Waals surface area contributed by atoms with E-state index in [1.165, 1.54) is 12.8 Å². The van der Waals surface area contributed by atoms with Crippen LogP contribution in [0.4, 0.5) is 11.8 Å². The van der Waals surface area contributed by atoms with Gasteiger partial charge in [-0.3, -0.25) is 4.79 Å². The van der Waals surface area contributed by atoms with Gasteiger partial charge in [-0.05, 0) is 19.8 Å². The maximum absolute atomic E-state index is 10.8. The summed E-state index contributed by atoms with van der Waals surface area (Å²) in [6.45, 7) is 7.36. The van der Waals surface area contributed by atoms with Crippen molar-refractivity contribution in [2.75, 3.05) is 49.1 Å². The lowest BCUT2D eigenvalue weighted by molar-refractivity contribution is -0.118. The van der Waals surface area contributed by atoms with Crippen LogP contribution in [0.15, 0.2) is 6.07 Å². The molecule has 2 fully saturated rings. The van der Waals surface area contributed by atoms with Gasteiger partial charge < -0.3 is 14.7 Å². The molecular weight excluding hydrogens is 254 g/mol. The minimum atomic E-state index is 0.769. The van der Waals surface area contributed by atoms with Gasteiger partial charge in [-0.2, -0.15) is 4.98 Å². The Hall–Kier alpha value is -1.85. The Morgan fingerprint density at radius 3 is 2.35 bits per heavy atom. The molecule has 0 spiro atoms. The molecule has 6 nitrogen and oxygen atoms in total. The van der Waals surface area contributed by atoms with Gasteiger partial charge in [-0.25, -0.2) is 4.98 Å². The molecule has 0 aliphatic carbocycles. The number of piperazine rings is 1. The van der Waals surface area contributed by atoms with Gasteiger partial charge in [0, 0.05) is 51.0 Å². The zero-order valence-corrected chi connectivity index (χ0v) is 12.0. The van der Waals surface area contributed by atoms with Gasteiger partial charge in [-0.1, -0.05) is 0 Å². The largest absolute Gasteiger partial charge is 0.353 e. The lowest BCUT2D eigenvalue weighted by Gasteiger charge is -2.33. The maximum Gasteiger partial charge on any atom is 0.227 e. The molecule has 0 radical (unpaired) electrons. The fourth-order valence-electron chi connectivity index (χ4n) is 2.81. The van der Waals surface area contributed by atoms with E-state index in [1.54, 1.807) is 0 Å². The molecule has 2 saturated heterocycles. The fourth-order valence-corrected chi connectivity index (χ4v) is 2.81. The van der Waals surface area contributed by atoms with Gasteiger partial charge in [0.15, 0.2) is 0 Å². The fraction of sp³-hybridized carbons (Fsp3) is 0.643. The molecule has 0 atom stereocenters. The zero-order valence-electron chi connectivity index (χ0n) is 12.0. The van der Waals surface area contributed by atoms with E-state index < -0.39 is 0 Å². The highest BCUT2D eigenvalue weighted by atomic mass is 16.1. The van der Waals surface area contributed by atoms with E-state index in [9.17, 15) is 4.79 Å². The minimum absolute atomic E-state index is 0.769. The summed E-state index contributed by atoms with van der Waals surface area (Å²) in [5, 5.41) is 0. The van der Waals surface area contributed by atoms with Gasteiger partial charge >= 0.3 is 0 Å². The Labute approximate surface area is 119 Å². The molecule has 1 aromatic heterocycles. The Balaban J connectivity index is 1.77. The molecule has 0 unspecified atom stereocenters. The number of hydrogen-bond acceptors (Lipinski definition) is 5. The molecule has 0 saturated carbocycles. The zero-order chi connectivity index (χ0) is 13.9. The summed E-state index contributed by atoms with van der Waals surface area (Å²) in [6, 6.07) is 2.04. The molecule has 1 aromatic rings. The standard InChI is InChI=1S/C14H21N5O/c1-12-10-13(18-8-6-17(11-20)7-9-18)16-14(15-12)19-4-2-3-5-19/h10-11H,2-9H2,1H3. The van der Waals surface area contributed by atoms with Gasteiger partial charge in [0.2, 0.25) is 12.4 Å². The topological polar surface area (TPSA) is 52.6 Å². The molecule has 2 aliphatic heterocycles. The van der Waals surface area contributed by atoms with Gasteiger partial charge in [0.1, 0.15) is 5.82 Å². The summed E-state index contributed by atoms with van der Waals surface area (Å²) < 4.78 is 0. The van der Waals surface area contributed by atoms with Crippen molar-refractivity contribution in [1.82, 2.24) is 14.9 Å². The van der Waals surface area contributed by atoms with E-state index in [2.05, 4.69) is 14.8 Å². The van der Waals surface area contributed by atoms with Crippen molar-refractivity contribution in [3.8, 4) is 0 Å². The smallest absolute Gasteiger partial charge is 0.227 e. The first-order valence-electron chi connectivity index (χ1n) is 7.31. The Morgan fingerprint density at radius 1 is 1.00 bits per heavy atom. The van der Waals surface area contributed by atoms with Crippen molar-refractivity contribution in [2.45, 2.75) is 19.8 Å². The van der Waals surface area contributed by atoms with Crippen LogP contribution < -0.4 is 9.80 Å². The highest BCUT2D eigenvalue weighted by Gasteiger charge is 2.20. The number of aromatic nitrogens is 2. The maximum atomic E-state index is 10.8. The molecule has 3 rings (SSSR count). The monoisotopic (exact) mass is 275 g/mol. The van der Waals surface area contributed by atoms with Crippen LogP contribution >= 0.6 is 0 Å². The SMILES string of the molecule is Cc1cc(N2CCN(C=O)CC2)nc(N2CCCC2)n1. The molecule has 3 heterocycles. The quantitative estimate of drug-likeness (QED) is 0.759. The van der Waals surface area contributed by atoms with Crippen LogP contribution in [0.2, 0.25) is 0 Å². The molecular formula is C14H21N5O. The number of nitrogens with zero attached hydrogens (tertiary/aromatic N) is 5. The van der Waals surface area contributed by atoms with Crippen molar-refractivity contribution in [1.29, 1.82) is 0 Å². The van der Waals surface area contributed by atoms with Gasteiger partial charge in [0.25, 0.3) is 0 Å². The van der Waals surface area contributed by atoms with Crippen molar-refractivity contribution < 1.29 is 4.79 Å². The second-order valence-corrected chi connectivity index (χ2v) is 5.49. The summed E-state index contributed by atoms with van der Waals surface area (Å²) in [5.41, 5.74) is 1.01. The van der Waals surface area contributed by atoms with Gasteiger partial charge in [-0.15, -0.1) is 0 Å². The molecule has 0 N–H and O–H groups in total. The number of hydrogen-bond donors (Lipinski definition) is 0. The molecule has 108 valence electrons. The van der Waals surface area contributed by atoms with E-state index in [-0.39, 0.29) is 0 Å². The Morgan fingerprint density at radius 2 is 1.70 bits per heavy atom. The van der Waals surface area contributed by atoms with Crippen LogP contribution in [0.3, 0.4) is 0 Å². The lowest BCUT2D eigenvalue weighted by atomic mass is 10.3. The van der Waals surface area contributed by atoms with E-state index in [4.69, 9.17) is 4.98 Å². The summed E-state index contributed by atoms with van der Waals surface area (Å²) in [4.78, 5) is 26.4. The van der Waals surface area contributed by atoms with E-state index >= 15 is 0 Å². The molecule has 1 amide bonds. The average molecular weight is 275 g/mol. The van der Waals surface area contributed by atoms with Crippen molar-refractivity contribution in [3.05, 3.63) is 11.8 Å². The second kappa shape index (κ2) is 5.64. The van der Waals surface area contributed by atoms with Crippen molar-refractivity contribution >= 4 is 18.2 Å². The third-order valence-corrected chi connectivity index (χ3v) is 4.01. The predicted molar refractivity (Wildman–Crippen MR) is 78.1 cm³/mol. The number of aryl methyl sites for hydroxylation is 1. The van der Waals surface area contributed by atoms with Crippen LogP contribution in [-0.4, -0.2) is 60.5 Å². The highest BCUT2D eigenvalue weighted by Crippen LogP contribution is 2.21. The first-order chi connectivity index (χ1) is 9.76. The second-order valence-electron chi connectivity index (χ2n) is 5.49. The number of rotatable bonds is 3. The number of carbonyl (C=O) groups excluding carboxylic acids is 1. The van der Waals surface area contributed by atoms with Crippen molar-refractivity contribution in [3.63, 3.8) is 0 Å². The van der Waals surface area contributed by atoms with Crippen LogP contribution in [0.25, 0.3) is 0 Å². The Bertz CT molecular complexity index is 478. The van der Waals surface area contributed by atoms with E-state index in [0.717, 1.165) is 63.1 Å². The number of carbonyl (C=O) groups is 1. The minimum Gasteiger partial charge on any atom is -0.353 e. The van der Waals surface area contributed by atoms with Crippen LogP contribution in [0.5, 0.6) is 0 Å². The normalized spacial score (nSPS) is 19.6. The Kier molecular flexibility index (Phi) is 3.71. The van der Waals surface area contributed by atoms with E-state index in [1.807, 2.05) is 17.9 Å². The summed E-state index contributed by atoms with van der Waals surface area (Å²) >= 11 is 0. The summed E-state index contributed by atoms with van der Waals surface area (Å²) in [6.07, 6.45) is 3.38. The third kappa shape index (κ3) is 2.69. The first kappa shape index (κ1) is 13.1. The lowest BCUT2D eigenvalue weighted by Crippen LogP contribution is -2.46. The highest BCUT2D eigenvalue weighted by molar-refractivity contribution is 5.50. The molecule has 0 aromatic carbocycles. The molecule has 20 heavy (non-hydrogen) atoms. The number of anilines is 2. The van der Waals surface area contributed by atoms with Crippen LogP contribution in [-0.2, 0) is 4.79 Å². The third-order valence-electron chi connectivity index (χ3n) is 4.01. The number of amides is 1. The van der Waals surface area contributed by atoms with Crippen molar-refractivity contribution in [2.24, 2.45) is 0 Å². The molecule has 6 heteroatoms. The van der Waals surface area contributed by atoms with Gasteiger partial charge in [0.05, 0.1) is 0 Å². The molecule has 2 aliphatic rings. The predicted octanol–water partition coefficient (Wildman–Crippen LogP) is 0.664. The average Bonchev–Trinajstić information content (AvgIpc) is 3.01.